The molecule has 7 nitrogen and oxygen atoms in total. The molecule has 1 fully saturated rings. The Bertz CT molecular complexity index is 594. The van der Waals surface area contributed by atoms with Gasteiger partial charge in [-0.25, -0.2) is 4.79 Å². The van der Waals surface area contributed by atoms with Crippen LogP contribution in [0.4, 0.5) is 0 Å². The first-order valence-corrected chi connectivity index (χ1v) is 6.24. The second kappa shape index (κ2) is 5.00. The Morgan fingerprint density at radius 1 is 1.26 bits per heavy atom. The number of aromatic amines is 1. The van der Waals surface area contributed by atoms with Crippen LogP contribution in [0, 0.1) is 0 Å². The lowest BCUT2D eigenvalue weighted by Gasteiger charge is -2.36. The van der Waals surface area contributed by atoms with E-state index in [-0.39, 0.29) is 23.6 Å². The fourth-order valence-electron chi connectivity index (χ4n) is 2.38. The van der Waals surface area contributed by atoms with Crippen molar-refractivity contribution in [2.75, 3.05) is 13.1 Å². The molecule has 0 radical (unpaired) electrons. The summed E-state index contributed by atoms with van der Waals surface area (Å²) >= 11 is 0. The molecule has 19 heavy (non-hydrogen) atoms. The topological polar surface area (TPSA) is 87.2 Å². The minimum atomic E-state index is -0.562. The van der Waals surface area contributed by atoms with E-state index in [0.717, 1.165) is 4.57 Å². The number of hydrogen-bond donors (Lipinski definition) is 2. The van der Waals surface area contributed by atoms with Crippen molar-refractivity contribution < 1.29 is 4.79 Å². The zero-order valence-electron chi connectivity index (χ0n) is 11.3. The van der Waals surface area contributed by atoms with Gasteiger partial charge in [-0.05, 0) is 13.8 Å². The van der Waals surface area contributed by atoms with Crippen molar-refractivity contribution in [1.29, 1.82) is 0 Å². The lowest BCUT2D eigenvalue weighted by molar-refractivity contribution is 0.0670. The smallest absolute Gasteiger partial charge is 0.328 e. The van der Waals surface area contributed by atoms with E-state index in [1.54, 1.807) is 4.90 Å². The largest absolute Gasteiger partial charge is 0.335 e. The number of amides is 1. The molecule has 1 amide bonds. The van der Waals surface area contributed by atoms with Crippen LogP contribution >= 0.6 is 0 Å². The highest BCUT2D eigenvalue weighted by atomic mass is 16.2. The summed E-state index contributed by atoms with van der Waals surface area (Å²) in [4.78, 5) is 39.6. The van der Waals surface area contributed by atoms with Gasteiger partial charge in [0.2, 0.25) is 0 Å². The first-order chi connectivity index (χ1) is 8.90. The highest BCUT2D eigenvalue weighted by Gasteiger charge is 2.27. The molecule has 2 N–H and O–H groups in total. The monoisotopic (exact) mass is 266 g/mol. The summed E-state index contributed by atoms with van der Waals surface area (Å²) in [6.45, 7) is 5.07. The van der Waals surface area contributed by atoms with Crippen LogP contribution in [0.2, 0.25) is 0 Å². The van der Waals surface area contributed by atoms with Crippen LogP contribution in [-0.2, 0) is 7.05 Å². The summed E-state index contributed by atoms with van der Waals surface area (Å²) in [6, 6.07) is 0.360. The maximum Gasteiger partial charge on any atom is 0.328 e. The molecule has 104 valence electrons. The molecular weight excluding hydrogens is 248 g/mol. The Hall–Kier alpha value is -1.89. The van der Waals surface area contributed by atoms with Crippen molar-refractivity contribution in [3.63, 3.8) is 0 Å². The van der Waals surface area contributed by atoms with Crippen molar-refractivity contribution >= 4 is 5.91 Å². The molecule has 1 aromatic heterocycles. The number of nitrogens with zero attached hydrogens (tertiary/aromatic N) is 2. The van der Waals surface area contributed by atoms with E-state index in [1.807, 2.05) is 13.8 Å². The van der Waals surface area contributed by atoms with Gasteiger partial charge in [-0.1, -0.05) is 0 Å². The van der Waals surface area contributed by atoms with Crippen LogP contribution in [0.15, 0.2) is 15.8 Å². The van der Waals surface area contributed by atoms with E-state index in [4.69, 9.17) is 0 Å². The Balaban J connectivity index is 2.32. The number of hydrogen-bond acceptors (Lipinski definition) is 4. The van der Waals surface area contributed by atoms with E-state index >= 15 is 0 Å². The lowest BCUT2D eigenvalue weighted by atomic mass is 10.1. The van der Waals surface area contributed by atoms with Crippen molar-refractivity contribution in [2.45, 2.75) is 25.9 Å². The Morgan fingerprint density at radius 3 is 2.42 bits per heavy atom. The van der Waals surface area contributed by atoms with Gasteiger partial charge in [-0.3, -0.25) is 14.2 Å². The van der Waals surface area contributed by atoms with Crippen molar-refractivity contribution in [3.05, 3.63) is 32.6 Å². The molecule has 0 aliphatic carbocycles. The molecular formula is C12H18N4O3. The van der Waals surface area contributed by atoms with Crippen molar-refractivity contribution in [3.8, 4) is 0 Å². The first kappa shape index (κ1) is 13.5. The number of carbonyl (C=O) groups is 1. The van der Waals surface area contributed by atoms with Crippen LogP contribution in [-0.4, -0.2) is 45.5 Å². The van der Waals surface area contributed by atoms with Gasteiger partial charge in [0.05, 0.1) is 0 Å². The molecule has 2 unspecified atom stereocenters. The number of nitrogens with one attached hydrogen (secondary N) is 2. The Labute approximate surface area is 110 Å². The fourth-order valence-corrected chi connectivity index (χ4v) is 2.38. The van der Waals surface area contributed by atoms with Crippen LogP contribution in [0.5, 0.6) is 0 Å². The lowest BCUT2D eigenvalue weighted by Crippen LogP contribution is -2.56. The predicted octanol–water partition coefficient (Wildman–Crippen LogP) is -1.10. The van der Waals surface area contributed by atoms with E-state index in [1.165, 1.54) is 13.2 Å². The maximum absolute atomic E-state index is 12.3. The molecule has 1 saturated heterocycles. The Kier molecular flexibility index (Phi) is 3.57. The fraction of sp³-hybridized carbons (Fsp3) is 0.583. The quantitative estimate of drug-likeness (QED) is 0.675. The summed E-state index contributed by atoms with van der Waals surface area (Å²) in [5.74, 6) is -0.336. The predicted molar refractivity (Wildman–Crippen MR) is 70.3 cm³/mol. The van der Waals surface area contributed by atoms with Crippen LogP contribution in [0.1, 0.15) is 24.2 Å². The SMILES string of the molecule is CC1CN(C(=O)c2c[nH]c(=O)n(C)c2=O)CC(C)N1. The highest BCUT2D eigenvalue weighted by Crippen LogP contribution is 2.07. The molecule has 2 atom stereocenters. The summed E-state index contributed by atoms with van der Waals surface area (Å²) in [5, 5.41) is 3.32. The molecule has 1 aliphatic rings. The van der Waals surface area contributed by atoms with Gasteiger partial charge in [0.1, 0.15) is 5.56 Å². The number of piperazine rings is 1. The number of carbonyl (C=O) groups excluding carboxylic acids is 1. The average Bonchev–Trinajstić information content (AvgIpc) is 2.34. The summed E-state index contributed by atoms with van der Waals surface area (Å²) < 4.78 is 0.905. The third-order valence-electron chi connectivity index (χ3n) is 3.25. The van der Waals surface area contributed by atoms with Gasteiger partial charge in [0, 0.05) is 38.4 Å². The van der Waals surface area contributed by atoms with Gasteiger partial charge >= 0.3 is 5.69 Å². The molecule has 0 saturated carbocycles. The zero-order chi connectivity index (χ0) is 14.2. The summed E-state index contributed by atoms with van der Waals surface area (Å²) in [5.41, 5.74) is -1.08. The number of aromatic nitrogens is 2. The molecule has 2 heterocycles. The number of H-pyrrole nitrogens is 1. The molecule has 1 aromatic rings. The van der Waals surface area contributed by atoms with Crippen LogP contribution in [0.25, 0.3) is 0 Å². The molecule has 0 aromatic carbocycles. The Morgan fingerprint density at radius 2 is 1.84 bits per heavy atom. The second-order valence-electron chi connectivity index (χ2n) is 5.05. The van der Waals surface area contributed by atoms with E-state index in [9.17, 15) is 14.4 Å². The van der Waals surface area contributed by atoms with E-state index < -0.39 is 11.2 Å². The van der Waals surface area contributed by atoms with E-state index in [2.05, 4.69) is 10.3 Å². The van der Waals surface area contributed by atoms with Gasteiger partial charge in [0.15, 0.2) is 0 Å². The molecule has 1 aliphatic heterocycles. The standard InChI is InChI=1S/C12H18N4O3/c1-7-5-16(6-8(2)14-7)11(18)9-4-13-12(19)15(3)10(9)17/h4,7-8,14H,5-6H2,1-3H3,(H,13,19). The van der Waals surface area contributed by atoms with Crippen molar-refractivity contribution in [1.82, 2.24) is 19.8 Å². The third kappa shape index (κ3) is 2.60. The minimum Gasteiger partial charge on any atom is -0.335 e. The van der Waals surface area contributed by atoms with E-state index in [0.29, 0.717) is 13.1 Å². The van der Waals surface area contributed by atoms with Crippen LogP contribution in [0.3, 0.4) is 0 Å². The second-order valence-corrected chi connectivity index (χ2v) is 5.05. The molecule has 0 bridgehead atoms. The first-order valence-electron chi connectivity index (χ1n) is 6.24. The summed E-state index contributed by atoms with van der Waals surface area (Å²) in [6.07, 6.45) is 1.20. The molecule has 7 heteroatoms. The van der Waals surface area contributed by atoms with Gasteiger partial charge in [0.25, 0.3) is 11.5 Å². The maximum atomic E-state index is 12.3. The summed E-state index contributed by atoms with van der Waals surface area (Å²) in [7, 11) is 1.35. The average molecular weight is 266 g/mol. The molecule has 2 rings (SSSR count). The zero-order valence-corrected chi connectivity index (χ0v) is 11.3. The normalized spacial score (nSPS) is 23.4. The molecule has 0 spiro atoms. The van der Waals surface area contributed by atoms with Gasteiger partial charge < -0.3 is 15.2 Å². The highest BCUT2D eigenvalue weighted by molar-refractivity contribution is 5.93. The minimum absolute atomic E-state index is 0.00315. The van der Waals surface area contributed by atoms with Gasteiger partial charge in [-0.2, -0.15) is 0 Å². The van der Waals surface area contributed by atoms with Gasteiger partial charge in [-0.15, -0.1) is 0 Å². The van der Waals surface area contributed by atoms with Crippen LogP contribution < -0.4 is 16.6 Å². The number of rotatable bonds is 1. The third-order valence-corrected chi connectivity index (χ3v) is 3.25. The van der Waals surface area contributed by atoms with Crippen molar-refractivity contribution in [2.24, 2.45) is 7.05 Å².